The molecule has 1 aromatic carbocycles. The lowest BCUT2D eigenvalue weighted by Gasteiger charge is -2.42. The van der Waals surface area contributed by atoms with Crippen LogP contribution in [0.3, 0.4) is 0 Å². The molecule has 1 fully saturated rings. The summed E-state index contributed by atoms with van der Waals surface area (Å²) in [5.41, 5.74) is 5.98. The highest BCUT2D eigenvalue weighted by atomic mass is 16.4. The first-order chi connectivity index (χ1) is 10.9. The van der Waals surface area contributed by atoms with Crippen molar-refractivity contribution in [1.82, 2.24) is 10.2 Å². The van der Waals surface area contributed by atoms with Gasteiger partial charge in [-0.05, 0) is 43.7 Å². The number of carboxylic acids is 1. The van der Waals surface area contributed by atoms with Gasteiger partial charge in [0.2, 0.25) is 5.91 Å². The van der Waals surface area contributed by atoms with Crippen LogP contribution in [0.25, 0.3) is 0 Å². The van der Waals surface area contributed by atoms with Crippen LogP contribution in [0.4, 0.5) is 0 Å². The van der Waals surface area contributed by atoms with Crippen molar-refractivity contribution in [3.05, 3.63) is 35.4 Å². The first-order valence-corrected chi connectivity index (χ1v) is 7.57. The van der Waals surface area contributed by atoms with Gasteiger partial charge in [0.1, 0.15) is 0 Å². The molecule has 0 aromatic heterocycles. The molecule has 0 unspecified atom stereocenters. The number of hydrogen-bond acceptors (Lipinski definition) is 4. The van der Waals surface area contributed by atoms with E-state index in [1.54, 1.807) is 12.1 Å². The molecule has 2 rings (SSSR count). The van der Waals surface area contributed by atoms with Crippen LogP contribution in [0, 0.1) is 0 Å². The summed E-state index contributed by atoms with van der Waals surface area (Å²) >= 11 is 0. The van der Waals surface area contributed by atoms with Crippen molar-refractivity contribution in [2.75, 3.05) is 13.1 Å². The van der Waals surface area contributed by atoms with Gasteiger partial charge in [-0.2, -0.15) is 0 Å². The molecule has 1 saturated carbocycles. The Morgan fingerprint density at radius 3 is 2.26 bits per heavy atom. The molecule has 23 heavy (non-hydrogen) atoms. The van der Waals surface area contributed by atoms with Crippen LogP contribution in [0.2, 0.25) is 0 Å². The highest BCUT2D eigenvalue weighted by Crippen LogP contribution is 2.25. The smallest absolute Gasteiger partial charge is 0.317 e. The molecule has 1 aliphatic rings. The predicted molar refractivity (Wildman–Crippen MR) is 84.1 cm³/mol. The number of carbonyl (C=O) groups excluding carboxylic acids is 2. The van der Waals surface area contributed by atoms with E-state index in [-0.39, 0.29) is 24.5 Å². The van der Waals surface area contributed by atoms with E-state index in [1.807, 2.05) is 11.8 Å². The number of nitrogens with zero attached hydrogens (tertiary/aromatic N) is 1. The second kappa shape index (κ2) is 7.23. The zero-order valence-corrected chi connectivity index (χ0v) is 13.0. The number of hydrogen-bond donors (Lipinski definition) is 3. The summed E-state index contributed by atoms with van der Waals surface area (Å²) in [6.07, 6.45) is 1.48. The fourth-order valence-electron chi connectivity index (χ4n) is 2.73. The maximum atomic E-state index is 12.1. The third kappa shape index (κ3) is 4.29. The lowest BCUT2D eigenvalue weighted by Crippen LogP contribution is -2.54. The Kier molecular flexibility index (Phi) is 5.33. The summed E-state index contributed by atoms with van der Waals surface area (Å²) in [5.74, 6) is -1.57. The molecule has 0 bridgehead atoms. The molecular formula is C16H21N3O4. The van der Waals surface area contributed by atoms with Gasteiger partial charge in [-0.15, -0.1) is 0 Å². The Morgan fingerprint density at radius 1 is 1.22 bits per heavy atom. The number of nitrogens with two attached hydrogens (primary N) is 1. The largest absolute Gasteiger partial charge is 0.480 e. The van der Waals surface area contributed by atoms with E-state index in [4.69, 9.17) is 10.8 Å². The zero-order valence-electron chi connectivity index (χ0n) is 13.0. The number of amides is 2. The monoisotopic (exact) mass is 319 g/mol. The Bertz CT molecular complexity index is 594. The number of nitrogens with one attached hydrogen (secondary N) is 1. The summed E-state index contributed by atoms with van der Waals surface area (Å²) in [6.45, 7) is 2.62. The first-order valence-electron chi connectivity index (χ1n) is 7.57. The van der Waals surface area contributed by atoms with Crippen molar-refractivity contribution in [1.29, 1.82) is 0 Å². The maximum absolute atomic E-state index is 12.1. The van der Waals surface area contributed by atoms with Gasteiger partial charge >= 0.3 is 5.97 Å². The van der Waals surface area contributed by atoms with Gasteiger partial charge in [-0.3, -0.25) is 19.3 Å². The molecule has 7 nitrogen and oxygen atoms in total. The van der Waals surface area contributed by atoms with Gasteiger partial charge in [0.15, 0.2) is 0 Å². The lowest BCUT2D eigenvalue weighted by atomic mass is 9.85. The predicted octanol–water partition coefficient (Wildman–Crippen LogP) is 0.453. The van der Waals surface area contributed by atoms with Crippen molar-refractivity contribution < 1.29 is 19.5 Å². The Morgan fingerprint density at radius 2 is 1.78 bits per heavy atom. The summed E-state index contributed by atoms with van der Waals surface area (Å²) in [5, 5.41) is 11.8. The average molecular weight is 319 g/mol. The topological polar surface area (TPSA) is 113 Å². The average Bonchev–Trinajstić information content (AvgIpc) is 2.48. The number of aliphatic carboxylic acids is 1. The molecule has 2 amide bonds. The minimum Gasteiger partial charge on any atom is -0.480 e. The van der Waals surface area contributed by atoms with E-state index in [9.17, 15) is 14.4 Å². The maximum Gasteiger partial charge on any atom is 0.317 e. The van der Waals surface area contributed by atoms with E-state index < -0.39 is 11.9 Å². The van der Waals surface area contributed by atoms with Crippen LogP contribution in [0.5, 0.6) is 0 Å². The van der Waals surface area contributed by atoms with Crippen LogP contribution in [0.1, 0.15) is 40.5 Å². The van der Waals surface area contributed by atoms with Gasteiger partial charge in [0, 0.05) is 23.2 Å². The molecule has 0 saturated heterocycles. The molecule has 124 valence electrons. The number of likely N-dealkylation sites (N-methyl/N-ethyl adjacent to an activating group) is 1. The lowest BCUT2D eigenvalue weighted by molar-refractivity contribution is -0.139. The number of rotatable bonds is 7. The van der Waals surface area contributed by atoms with Crippen molar-refractivity contribution in [3.63, 3.8) is 0 Å². The highest BCUT2D eigenvalue weighted by molar-refractivity contribution is 5.97. The first kappa shape index (κ1) is 17.0. The molecule has 0 heterocycles. The summed E-state index contributed by atoms with van der Waals surface area (Å²) in [4.78, 5) is 35.8. The van der Waals surface area contributed by atoms with Gasteiger partial charge in [-0.25, -0.2) is 0 Å². The molecule has 0 spiro atoms. The van der Waals surface area contributed by atoms with E-state index in [0.717, 1.165) is 12.8 Å². The fourth-order valence-corrected chi connectivity index (χ4v) is 2.73. The van der Waals surface area contributed by atoms with E-state index in [2.05, 4.69) is 5.32 Å². The van der Waals surface area contributed by atoms with Crippen molar-refractivity contribution in [2.24, 2.45) is 5.73 Å². The molecule has 4 N–H and O–H groups in total. The zero-order chi connectivity index (χ0) is 17.0. The molecule has 0 atom stereocenters. The molecular weight excluding hydrogens is 298 g/mol. The van der Waals surface area contributed by atoms with Crippen LogP contribution in [-0.4, -0.2) is 53.0 Å². The van der Waals surface area contributed by atoms with Crippen LogP contribution < -0.4 is 11.1 Å². The molecule has 0 radical (unpaired) electrons. The van der Waals surface area contributed by atoms with Crippen LogP contribution >= 0.6 is 0 Å². The minimum absolute atomic E-state index is 0.0242. The fraction of sp³-hybridized carbons (Fsp3) is 0.438. The Labute approximate surface area is 134 Å². The van der Waals surface area contributed by atoms with Crippen molar-refractivity contribution >= 4 is 17.8 Å². The Balaban J connectivity index is 1.84. The minimum atomic E-state index is -0.839. The molecule has 0 aliphatic heterocycles. The summed E-state index contributed by atoms with van der Waals surface area (Å²) < 4.78 is 0. The number of primary amides is 1. The van der Waals surface area contributed by atoms with Gasteiger partial charge in [0.25, 0.3) is 5.91 Å². The number of carbonyl (C=O) groups is 3. The number of benzene rings is 1. The van der Waals surface area contributed by atoms with Gasteiger partial charge < -0.3 is 16.2 Å². The third-order valence-corrected chi connectivity index (χ3v) is 4.14. The van der Waals surface area contributed by atoms with Crippen molar-refractivity contribution in [3.8, 4) is 0 Å². The summed E-state index contributed by atoms with van der Waals surface area (Å²) in [6, 6.07) is 6.41. The number of carboxylic acid groups (broad SMARTS) is 1. The molecule has 7 heteroatoms. The SMILES string of the molecule is CCN(CC(=O)O)C1CC(NC(=O)c2ccc(C(N)=O)cc2)C1. The normalized spacial score (nSPS) is 19.9. The third-order valence-electron chi connectivity index (χ3n) is 4.14. The molecule has 1 aliphatic carbocycles. The highest BCUT2D eigenvalue weighted by Gasteiger charge is 2.34. The standard InChI is InChI=1S/C16H21N3O4/c1-2-19(9-14(20)21)13-7-12(8-13)18-16(23)11-5-3-10(4-6-11)15(17)22/h3-6,12-13H,2,7-9H2,1H3,(H2,17,22)(H,18,23)(H,20,21). The van der Waals surface area contributed by atoms with E-state index >= 15 is 0 Å². The van der Waals surface area contributed by atoms with E-state index in [1.165, 1.54) is 12.1 Å². The van der Waals surface area contributed by atoms with Gasteiger partial charge in [0.05, 0.1) is 6.54 Å². The Hall–Kier alpha value is -2.41. The second-order valence-electron chi connectivity index (χ2n) is 5.69. The second-order valence-corrected chi connectivity index (χ2v) is 5.69. The van der Waals surface area contributed by atoms with E-state index in [0.29, 0.717) is 17.7 Å². The van der Waals surface area contributed by atoms with Crippen LogP contribution in [0.15, 0.2) is 24.3 Å². The quantitative estimate of drug-likeness (QED) is 0.675. The molecule has 1 aromatic rings. The van der Waals surface area contributed by atoms with Crippen LogP contribution in [-0.2, 0) is 4.79 Å². The van der Waals surface area contributed by atoms with Gasteiger partial charge in [-0.1, -0.05) is 6.92 Å². The van der Waals surface area contributed by atoms with Crippen molar-refractivity contribution in [2.45, 2.75) is 31.8 Å². The summed E-state index contributed by atoms with van der Waals surface area (Å²) in [7, 11) is 0.